The summed E-state index contributed by atoms with van der Waals surface area (Å²) in [5.74, 6) is -0.487. The van der Waals surface area contributed by atoms with Gasteiger partial charge in [-0.15, -0.1) is 0 Å². The van der Waals surface area contributed by atoms with Gasteiger partial charge >= 0.3 is 6.18 Å². The number of hydrogen-bond donors (Lipinski definition) is 1. The molecule has 31 heavy (non-hydrogen) atoms. The Labute approximate surface area is 175 Å². The molecule has 3 aromatic carbocycles. The highest BCUT2D eigenvalue weighted by atomic mass is 19.4. The number of pyridine rings is 1. The van der Waals surface area contributed by atoms with Crippen molar-refractivity contribution in [1.29, 1.82) is 0 Å². The molecule has 4 aromatic rings. The molecule has 0 saturated heterocycles. The molecule has 0 aliphatic heterocycles. The summed E-state index contributed by atoms with van der Waals surface area (Å²) < 4.78 is 40.4. The summed E-state index contributed by atoms with van der Waals surface area (Å²) >= 11 is 0. The molecule has 0 aliphatic rings. The molecule has 0 bridgehead atoms. The maximum Gasteiger partial charge on any atom is 0.416 e. The molecule has 0 aliphatic carbocycles. The second-order valence-electron chi connectivity index (χ2n) is 7.07. The Bertz CT molecular complexity index is 1370. The first-order chi connectivity index (χ1) is 14.8. The third-order valence-electron chi connectivity index (χ3n) is 4.88. The Morgan fingerprint density at radius 2 is 1.65 bits per heavy atom. The van der Waals surface area contributed by atoms with Crippen LogP contribution in [0.3, 0.4) is 0 Å². The van der Waals surface area contributed by atoms with Gasteiger partial charge in [0, 0.05) is 17.0 Å². The van der Waals surface area contributed by atoms with E-state index in [-0.39, 0.29) is 16.6 Å². The van der Waals surface area contributed by atoms with Gasteiger partial charge in [0.15, 0.2) is 0 Å². The summed E-state index contributed by atoms with van der Waals surface area (Å²) in [7, 11) is 0. The van der Waals surface area contributed by atoms with Crippen LogP contribution in [0.25, 0.3) is 16.5 Å². The number of aromatic nitrogens is 1. The minimum Gasteiger partial charge on any atom is -0.494 e. The summed E-state index contributed by atoms with van der Waals surface area (Å²) in [5, 5.41) is 11.6. The van der Waals surface area contributed by atoms with Gasteiger partial charge in [-0.05, 0) is 48.9 Å². The molecule has 0 fully saturated rings. The van der Waals surface area contributed by atoms with E-state index in [0.29, 0.717) is 11.1 Å². The van der Waals surface area contributed by atoms with Crippen molar-refractivity contribution >= 4 is 22.7 Å². The fraction of sp³-hybridized carbons (Fsp3) is 0.0833. The first-order valence-electron chi connectivity index (χ1n) is 9.41. The lowest BCUT2D eigenvalue weighted by Gasteiger charge is -2.15. The van der Waals surface area contributed by atoms with Gasteiger partial charge in [0.05, 0.1) is 22.5 Å². The predicted octanol–water partition coefficient (Wildman–Crippen LogP) is 5.77. The topological polar surface area (TPSA) is 54.6 Å². The van der Waals surface area contributed by atoms with Gasteiger partial charge in [-0.2, -0.15) is 13.2 Å². The van der Waals surface area contributed by atoms with Gasteiger partial charge in [-0.25, -0.2) is 4.57 Å². The van der Waals surface area contributed by atoms with E-state index in [1.54, 1.807) is 30.3 Å². The van der Waals surface area contributed by atoms with Crippen LogP contribution in [0.1, 0.15) is 16.7 Å². The molecule has 0 radical (unpaired) electrons. The number of benzene rings is 3. The average Bonchev–Trinajstić information content (AvgIpc) is 2.73. The van der Waals surface area contributed by atoms with Gasteiger partial charge < -0.3 is 5.11 Å². The lowest BCUT2D eigenvalue weighted by atomic mass is 10.1. The van der Waals surface area contributed by atoms with Crippen molar-refractivity contribution in [3.8, 4) is 11.6 Å². The van der Waals surface area contributed by atoms with Crippen molar-refractivity contribution in [2.24, 2.45) is 4.99 Å². The number of fused-ring (bicyclic) bond motifs is 1. The van der Waals surface area contributed by atoms with Gasteiger partial charge in [0.2, 0.25) is 5.88 Å². The summed E-state index contributed by atoms with van der Waals surface area (Å²) in [4.78, 5) is 17.4. The number of aryl methyl sites for hydroxylation is 1. The van der Waals surface area contributed by atoms with Crippen molar-refractivity contribution in [2.45, 2.75) is 13.1 Å². The van der Waals surface area contributed by atoms with Crippen LogP contribution in [0.5, 0.6) is 5.88 Å². The largest absolute Gasteiger partial charge is 0.494 e. The minimum absolute atomic E-state index is 0.0896. The molecule has 1 N–H and O–H groups in total. The van der Waals surface area contributed by atoms with Crippen LogP contribution >= 0.6 is 0 Å². The molecule has 156 valence electrons. The maximum atomic E-state index is 13.2. The Morgan fingerprint density at radius 1 is 0.935 bits per heavy atom. The Morgan fingerprint density at radius 3 is 2.35 bits per heavy atom. The van der Waals surface area contributed by atoms with Crippen LogP contribution in [0, 0.1) is 6.92 Å². The second-order valence-corrected chi connectivity index (χ2v) is 7.07. The van der Waals surface area contributed by atoms with Crippen molar-refractivity contribution in [1.82, 2.24) is 4.57 Å². The van der Waals surface area contributed by atoms with Gasteiger partial charge in [-0.3, -0.25) is 9.79 Å². The van der Waals surface area contributed by atoms with Gasteiger partial charge in [0.1, 0.15) is 0 Å². The highest BCUT2D eigenvalue weighted by Gasteiger charge is 2.31. The minimum atomic E-state index is -4.58. The quantitative estimate of drug-likeness (QED) is 0.426. The number of halogens is 3. The average molecular weight is 422 g/mol. The molecule has 0 atom stereocenters. The fourth-order valence-corrected chi connectivity index (χ4v) is 3.40. The van der Waals surface area contributed by atoms with Crippen LogP contribution in [-0.4, -0.2) is 15.9 Å². The van der Waals surface area contributed by atoms with Crippen molar-refractivity contribution in [2.75, 3.05) is 0 Å². The summed E-state index contributed by atoms with van der Waals surface area (Å²) in [6.45, 7) is 1.92. The van der Waals surface area contributed by atoms with Crippen LogP contribution in [0.15, 0.2) is 82.6 Å². The molecule has 4 nitrogen and oxygen atoms in total. The Hall–Kier alpha value is -3.87. The molecule has 1 aromatic heterocycles. The zero-order chi connectivity index (χ0) is 22.2. The molecule has 0 saturated carbocycles. The molecule has 1 heterocycles. The Balaban J connectivity index is 1.97. The van der Waals surface area contributed by atoms with Crippen molar-refractivity contribution in [3.05, 3.63) is 99.8 Å². The number of hydrogen-bond acceptors (Lipinski definition) is 3. The van der Waals surface area contributed by atoms with Crippen LogP contribution < -0.4 is 5.56 Å². The van der Waals surface area contributed by atoms with E-state index < -0.39 is 23.2 Å². The number of aromatic hydroxyl groups is 1. The smallest absolute Gasteiger partial charge is 0.416 e. The van der Waals surface area contributed by atoms with Crippen LogP contribution in [0.4, 0.5) is 18.9 Å². The summed E-state index contributed by atoms with van der Waals surface area (Å²) in [5.41, 5.74) is 0.236. The molecular weight excluding hydrogens is 405 g/mol. The lowest BCUT2D eigenvalue weighted by Crippen LogP contribution is -2.20. The highest BCUT2D eigenvalue weighted by molar-refractivity contribution is 6.02. The van der Waals surface area contributed by atoms with E-state index >= 15 is 0 Å². The first kappa shape index (κ1) is 20.4. The van der Waals surface area contributed by atoms with Crippen LogP contribution in [-0.2, 0) is 6.18 Å². The lowest BCUT2D eigenvalue weighted by molar-refractivity contribution is -0.137. The van der Waals surface area contributed by atoms with E-state index in [9.17, 15) is 23.1 Å². The fourth-order valence-electron chi connectivity index (χ4n) is 3.40. The van der Waals surface area contributed by atoms with Crippen LogP contribution in [0.2, 0.25) is 0 Å². The highest BCUT2D eigenvalue weighted by Crippen LogP contribution is 2.32. The van der Waals surface area contributed by atoms with Gasteiger partial charge in [-0.1, -0.05) is 36.4 Å². The molecule has 0 spiro atoms. The van der Waals surface area contributed by atoms with E-state index in [0.717, 1.165) is 22.3 Å². The van der Waals surface area contributed by atoms with Crippen molar-refractivity contribution < 1.29 is 18.3 Å². The monoisotopic (exact) mass is 422 g/mol. The summed E-state index contributed by atoms with van der Waals surface area (Å²) in [6.07, 6.45) is -3.17. The second kappa shape index (κ2) is 7.75. The third-order valence-corrected chi connectivity index (χ3v) is 4.88. The zero-order valence-corrected chi connectivity index (χ0v) is 16.4. The molecule has 4 rings (SSSR count). The van der Waals surface area contributed by atoms with E-state index in [1.165, 1.54) is 18.3 Å². The SMILES string of the molecule is Cc1cccc(N=Cc2c(O)n(-c3cccc(C(F)(F)F)c3)c(=O)c3ccccc23)c1. The third kappa shape index (κ3) is 3.94. The van der Waals surface area contributed by atoms with Gasteiger partial charge in [0.25, 0.3) is 5.56 Å². The number of nitrogens with zero attached hydrogens (tertiary/aromatic N) is 2. The van der Waals surface area contributed by atoms with E-state index in [1.807, 2.05) is 25.1 Å². The molecule has 0 amide bonds. The molecule has 7 heteroatoms. The first-order valence-corrected chi connectivity index (χ1v) is 9.41. The Kier molecular flexibility index (Phi) is 5.10. The predicted molar refractivity (Wildman–Crippen MR) is 115 cm³/mol. The number of alkyl halides is 3. The van der Waals surface area contributed by atoms with E-state index in [4.69, 9.17) is 0 Å². The maximum absolute atomic E-state index is 13.2. The molecule has 0 unspecified atom stereocenters. The van der Waals surface area contributed by atoms with Crippen molar-refractivity contribution in [3.63, 3.8) is 0 Å². The normalized spacial score (nSPS) is 12.0. The number of aliphatic imine (C=N–C) groups is 1. The summed E-state index contributed by atoms with van der Waals surface area (Å²) in [6, 6.07) is 18.2. The zero-order valence-electron chi connectivity index (χ0n) is 16.4. The standard InChI is InChI=1S/C24H17F3N2O2/c1-15-6-4-8-17(12-15)28-14-21-19-10-2-3-11-20(19)22(30)29(23(21)31)18-9-5-7-16(13-18)24(25,26)27/h2-14,31H,1H3. The number of rotatable bonds is 3. The van der Waals surface area contributed by atoms with E-state index in [2.05, 4.69) is 4.99 Å². The molecular formula is C24H17F3N2O2.